The minimum absolute atomic E-state index is 0. The Bertz CT molecular complexity index is 575. The highest BCUT2D eigenvalue weighted by Crippen LogP contribution is 2.41. The molecule has 24 heavy (non-hydrogen) atoms. The highest BCUT2D eigenvalue weighted by atomic mass is 35.5. The lowest BCUT2D eigenvalue weighted by molar-refractivity contribution is -0.144. The molecule has 0 radical (unpaired) electrons. The fourth-order valence-corrected chi connectivity index (χ4v) is 3.68. The monoisotopic (exact) mass is 352 g/mol. The number of likely N-dealkylation sites (tertiary alicyclic amines) is 1. The van der Waals surface area contributed by atoms with Crippen molar-refractivity contribution in [2.75, 3.05) is 19.6 Å². The predicted octanol–water partition coefficient (Wildman–Crippen LogP) is 2.40. The summed E-state index contributed by atoms with van der Waals surface area (Å²) >= 11 is 0. The third kappa shape index (κ3) is 4.08. The van der Waals surface area contributed by atoms with E-state index in [1.807, 2.05) is 23.1 Å². The summed E-state index contributed by atoms with van der Waals surface area (Å²) in [7, 11) is 0. The molecule has 0 spiro atoms. The van der Waals surface area contributed by atoms with Gasteiger partial charge >= 0.3 is 5.97 Å². The summed E-state index contributed by atoms with van der Waals surface area (Å²) in [5.41, 5.74) is 0.946. The average molecular weight is 353 g/mol. The van der Waals surface area contributed by atoms with E-state index in [4.69, 9.17) is 5.11 Å². The number of nitrogens with zero attached hydrogens (tertiary/aromatic N) is 1. The van der Waals surface area contributed by atoms with E-state index in [1.54, 1.807) is 0 Å². The molecule has 132 valence electrons. The maximum atomic E-state index is 12.5. The van der Waals surface area contributed by atoms with Gasteiger partial charge in [0, 0.05) is 6.54 Å². The molecule has 1 aromatic rings. The van der Waals surface area contributed by atoms with Crippen LogP contribution in [0.1, 0.15) is 37.7 Å². The largest absolute Gasteiger partial charge is 0.481 e. The van der Waals surface area contributed by atoms with Crippen LogP contribution in [0.3, 0.4) is 0 Å². The van der Waals surface area contributed by atoms with Crippen molar-refractivity contribution in [3.8, 4) is 0 Å². The minimum Gasteiger partial charge on any atom is -0.481 e. The molecule has 2 N–H and O–H groups in total. The van der Waals surface area contributed by atoms with Crippen LogP contribution in [-0.2, 0) is 15.1 Å². The molecule has 1 unspecified atom stereocenters. The number of carboxylic acids is 1. The normalized spacial score (nSPS) is 22.8. The predicted molar refractivity (Wildman–Crippen MR) is 94.2 cm³/mol. The lowest BCUT2D eigenvalue weighted by Gasteiger charge is -2.43. The molecule has 1 saturated heterocycles. The molecule has 1 aromatic carbocycles. The third-order valence-electron chi connectivity index (χ3n) is 5.13. The Morgan fingerprint density at radius 1 is 1.21 bits per heavy atom. The van der Waals surface area contributed by atoms with Gasteiger partial charge in [-0.1, -0.05) is 30.3 Å². The standard InChI is InChI=1S/C18H24N2O3.ClH/c21-16(13-20-11-4-6-14(12-20)17(22)23)19-18(9-5-10-18)15-7-2-1-3-8-15;/h1-3,7-8,14H,4-6,9-13H2,(H,19,21)(H,22,23);1H. The first kappa shape index (κ1) is 18.7. The third-order valence-corrected chi connectivity index (χ3v) is 5.13. The van der Waals surface area contributed by atoms with Gasteiger partial charge in [0.2, 0.25) is 5.91 Å². The zero-order valence-corrected chi connectivity index (χ0v) is 14.6. The van der Waals surface area contributed by atoms with Crippen LogP contribution >= 0.6 is 12.4 Å². The van der Waals surface area contributed by atoms with Gasteiger partial charge in [-0.3, -0.25) is 14.5 Å². The van der Waals surface area contributed by atoms with E-state index in [9.17, 15) is 9.59 Å². The molecule has 2 fully saturated rings. The van der Waals surface area contributed by atoms with Gasteiger partial charge in [0.1, 0.15) is 0 Å². The van der Waals surface area contributed by atoms with Crippen molar-refractivity contribution in [1.29, 1.82) is 0 Å². The molecular formula is C18H25ClN2O3. The molecule has 0 aromatic heterocycles. The van der Waals surface area contributed by atoms with E-state index in [-0.39, 0.29) is 29.8 Å². The van der Waals surface area contributed by atoms with Crippen LogP contribution in [0, 0.1) is 5.92 Å². The number of hydrogen-bond acceptors (Lipinski definition) is 3. The summed E-state index contributed by atoms with van der Waals surface area (Å²) in [5, 5.41) is 12.4. The summed E-state index contributed by atoms with van der Waals surface area (Å²) in [4.78, 5) is 25.6. The number of hydrogen-bond donors (Lipinski definition) is 2. The second-order valence-corrected chi connectivity index (χ2v) is 6.76. The van der Waals surface area contributed by atoms with Crippen LogP contribution < -0.4 is 5.32 Å². The number of rotatable bonds is 5. The number of amides is 1. The van der Waals surface area contributed by atoms with Crippen molar-refractivity contribution >= 4 is 24.3 Å². The summed E-state index contributed by atoms with van der Waals surface area (Å²) in [6.45, 7) is 1.56. The summed E-state index contributed by atoms with van der Waals surface area (Å²) in [5.74, 6) is -1.10. The fraction of sp³-hybridized carbons (Fsp3) is 0.556. The Balaban J connectivity index is 0.00000208. The highest BCUT2D eigenvalue weighted by molar-refractivity contribution is 5.85. The smallest absolute Gasteiger partial charge is 0.307 e. The molecule has 1 aliphatic carbocycles. The number of piperidine rings is 1. The Morgan fingerprint density at radius 2 is 1.92 bits per heavy atom. The first-order chi connectivity index (χ1) is 11.1. The van der Waals surface area contributed by atoms with Gasteiger partial charge in [0.05, 0.1) is 18.0 Å². The molecule has 1 amide bonds. The average Bonchev–Trinajstić information content (AvgIpc) is 2.52. The molecule has 1 aliphatic heterocycles. The Hall–Kier alpha value is -1.59. The SMILES string of the molecule is Cl.O=C(CN1CCCC(C(=O)O)C1)NC1(c2ccccc2)CCC1. The van der Waals surface area contributed by atoms with E-state index in [2.05, 4.69) is 17.4 Å². The topological polar surface area (TPSA) is 69.6 Å². The number of halogens is 1. The van der Waals surface area contributed by atoms with Crippen LogP contribution in [0.4, 0.5) is 0 Å². The number of carbonyl (C=O) groups is 2. The Morgan fingerprint density at radius 3 is 2.50 bits per heavy atom. The van der Waals surface area contributed by atoms with Gasteiger partial charge in [0.25, 0.3) is 0 Å². The van der Waals surface area contributed by atoms with E-state index in [0.717, 1.165) is 32.2 Å². The number of aliphatic carboxylic acids is 1. The first-order valence-corrected chi connectivity index (χ1v) is 8.41. The zero-order valence-electron chi connectivity index (χ0n) is 13.7. The van der Waals surface area contributed by atoms with Crippen molar-refractivity contribution in [1.82, 2.24) is 10.2 Å². The van der Waals surface area contributed by atoms with E-state index < -0.39 is 5.97 Å². The van der Waals surface area contributed by atoms with Gasteiger partial charge in [-0.25, -0.2) is 0 Å². The van der Waals surface area contributed by atoms with Gasteiger partial charge in [0.15, 0.2) is 0 Å². The molecule has 6 heteroatoms. The molecule has 3 rings (SSSR count). The summed E-state index contributed by atoms with van der Waals surface area (Å²) in [6.07, 6.45) is 4.62. The maximum absolute atomic E-state index is 12.5. The molecular weight excluding hydrogens is 328 g/mol. The number of carboxylic acid groups (broad SMARTS) is 1. The minimum atomic E-state index is -0.755. The van der Waals surface area contributed by atoms with E-state index in [0.29, 0.717) is 19.5 Å². The number of carbonyl (C=O) groups excluding carboxylic acids is 1. The number of benzene rings is 1. The second-order valence-electron chi connectivity index (χ2n) is 6.76. The van der Waals surface area contributed by atoms with Gasteiger partial charge < -0.3 is 10.4 Å². The highest BCUT2D eigenvalue weighted by Gasteiger charge is 2.40. The second kappa shape index (κ2) is 7.99. The van der Waals surface area contributed by atoms with Crippen LogP contribution in [0.2, 0.25) is 0 Å². The van der Waals surface area contributed by atoms with Gasteiger partial charge in [-0.15, -0.1) is 12.4 Å². The molecule has 1 atom stereocenters. The number of nitrogens with one attached hydrogen (secondary N) is 1. The first-order valence-electron chi connectivity index (χ1n) is 8.41. The fourth-order valence-electron chi connectivity index (χ4n) is 3.68. The molecule has 1 heterocycles. The molecule has 1 saturated carbocycles. The van der Waals surface area contributed by atoms with E-state index in [1.165, 1.54) is 5.56 Å². The van der Waals surface area contributed by atoms with Gasteiger partial charge in [-0.2, -0.15) is 0 Å². The lowest BCUT2D eigenvalue weighted by atomic mass is 9.72. The zero-order chi connectivity index (χ0) is 16.3. The van der Waals surface area contributed by atoms with Crippen LogP contribution in [0.25, 0.3) is 0 Å². The maximum Gasteiger partial charge on any atom is 0.307 e. The molecule has 5 nitrogen and oxygen atoms in total. The summed E-state index contributed by atoms with van der Waals surface area (Å²) < 4.78 is 0. The van der Waals surface area contributed by atoms with E-state index >= 15 is 0 Å². The van der Waals surface area contributed by atoms with Crippen molar-refractivity contribution < 1.29 is 14.7 Å². The van der Waals surface area contributed by atoms with Gasteiger partial charge in [-0.05, 0) is 44.2 Å². The molecule has 2 aliphatic rings. The van der Waals surface area contributed by atoms with Crippen molar-refractivity contribution in [2.24, 2.45) is 5.92 Å². The summed E-state index contributed by atoms with van der Waals surface area (Å²) in [6, 6.07) is 10.1. The van der Waals surface area contributed by atoms with Crippen LogP contribution in [-0.4, -0.2) is 41.5 Å². The van der Waals surface area contributed by atoms with Crippen molar-refractivity contribution in [3.63, 3.8) is 0 Å². The Labute approximate surface area is 148 Å². The molecule has 0 bridgehead atoms. The lowest BCUT2D eigenvalue weighted by Crippen LogP contribution is -2.54. The van der Waals surface area contributed by atoms with Crippen molar-refractivity contribution in [2.45, 2.75) is 37.6 Å². The quantitative estimate of drug-likeness (QED) is 0.853. The van der Waals surface area contributed by atoms with Crippen LogP contribution in [0.5, 0.6) is 0 Å². The van der Waals surface area contributed by atoms with Crippen molar-refractivity contribution in [3.05, 3.63) is 35.9 Å². The van der Waals surface area contributed by atoms with Crippen LogP contribution in [0.15, 0.2) is 30.3 Å². The Kier molecular flexibility index (Phi) is 6.24.